The normalized spacial score (nSPS) is 13.2. The molecule has 1 amide bonds. The number of carbonyl (C=O) groups excluding carboxylic acids is 2. The van der Waals surface area contributed by atoms with Crippen molar-refractivity contribution in [2.45, 2.75) is 13.0 Å². The minimum Gasteiger partial charge on any atom is -0.494 e. The fourth-order valence-electron chi connectivity index (χ4n) is 2.66. The van der Waals surface area contributed by atoms with Crippen LogP contribution in [0.3, 0.4) is 0 Å². The van der Waals surface area contributed by atoms with Crippen LogP contribution < -0.4 is 5.56 Å². The predicted octanol–water partition coefficient (Wildman–Crippen LogP) is 0.822. The Balaban J connectivity index is 1.60. The van der Waals surface area contributed by atoms with Crippen molar-refractivity contribution >= 4 is 11.9 Å². The summed E-state index contributed by atoms with van der Waals surface area (Å²) >= 11 is 0. The standard InChI is InChI=1S/C17H16N2O5/c20-14-7-13(8-15(21)18-14)17(23)24-10-16(22)19-6-5-11-3-1-2-4-12(11)9-19/h1-4,7-8H,5-6,9-10H2,(H2,18,20,21). The second-order valence-corrected chi connectivity index (χ2v) is 5.53. The minimum atomic E-state index is -0.831. The van der Waals surface area contributed by atoms with E-state index in [1.807, 2.05) is 24.3 Å². The summed E-state index contributed by atoms with van der Waals surface area (Å²) in [6.45, 7) is 0.645. The number of esters is 1. The molecule has 0 saturated carbocycles. The highest BCUT2D eigenvalue weighted by Crippen LogP contribution is 2.18. The van der Waals surface area contributed by atoms with Crippen molar-refractivity contribution in [3.63, 3.8) is 0 Å². The summed E-state index contributed by atoms with van der Waals surface area (Å²) < 4.78 is 4.95. The fraction of sp³-hybridized carbons (Fsp3) is 0.235. The monoisotopic (exact) mass is 328 g/mol. The second-order valence-electron chi connectivity index (χ2n) is 5.53. The topological polar surface area (TPSA) is 99.7 Å². The van der Waals surface area contributed by atoms with E-state index in [0.29, 0.717) is 13.1 Å². The van der Waals surface area contributed by atoms with Gasteiger partial charge in [0.05, 0.1) is 5.56 Å². The van der Waals surface area contributed by atoms with Crippen molar-refractivity contribution in [3.05, 3.63) is 63.4 Å². The molecule has 0 spiro atoms. The van der Waals surface area contributed by atoms with Gasteiger partial charge in [0.25, 0.3) is 11.5 Å². The summed E-state index contributed by atoms with van der Waals surface area (Å²) in [4.78, 5) is 39.0. The van der Waals surface area contributed by atoms with Gasteiger partial charge in [-0.3, -0.25) is 14.6 Å². The number of H-pyrrole nitrogens is 1. The number of hydrogen-bond donors (Lipinski definition) is 2. The van der Waals surface area contributed by atoms with Crippen LogP contribution in [0.5, 0.6) is 5.88 Å². The Kier molecular flexibility index (Phi) is 4.33. The highest BCUT2D eigenvalue weighted by Gasteiger charge is 2.21. The third-order valence-corrected chi connectivity index (χ3v) is 3.88. The van der Waals surface area contributed by atoms with Crippen molar-refractivity contribution in [3.8, 4) is 5.88 Å². The summed E-state index contributed by atoms with van der Waals surface area (Å²) in [7, 11) is 0. The number of hydrogen-bond acceptors (Lipinski definition) is 5. The summed E-state index contributed by atoms with van der Waals surface area (Å²) in [6, 6.07) is 9.98. The molecule has 0 atom stereocenters. The number of ether oxygens (including phenoxy) is 1. The number of fused-ring (bicyclic) bond motifs is 1. The highest BCUT2D eigenvalue weighted by molar-refractivity contribution is 5.91. The quantitative estimate of drug-likeness (QED) is 0.813. The molecule has 2 N–H and O–H groups in total. The fourth-order valence-corrected chi connectivity index (χ4v) is 2.66. The van der Waals surface area contributed by atoms with Gasteiger partial charge in [-0.05, 0) is 17.5 Å². The van der Waals surface area contributed by atoms with Gasteiger partial charge in [-0.15, -0.1) is 0 Å². The number of aromatic nitrogens is 1. The van der Waals surface area contributed by atoms with Crippen LogP contribution in [0.25, 0.3) is 0 Å². The lowest BCUT2D eigenvalue weighted by atomic mass is 10.00. The zero-order valence-corrected chi connectivity index (χ0v) is 12.8. The van der Waals surface area contributed by atoms with Crippen LogP contribution in [0.4, 0.5) is 0 Å². The third kappa shape index (κ3) is 3.45. The van der Waals surface area contributed by atoms with Gasteiger partial charge in [0.2, 0.25) is 0 Å². The van der Waals surface area contributed by atoms with Crippen molar-refractivity contribution in [1.29, 1.82) is 0 Å². The Labute approximate surface area is 137 Å². The first kappa shape index (κ1) is 15.8. The average molecular weight is 328 g/mol. The number of rotatable bonds is 3. The minimum absolute atomic E-state index is 0.104. The molecule has 0 aliphatic carbocycles. The van der Waals surface area contributed by atoms with Crippen molar-refractivity contribution < 1.29 is 19.4 Å². The molecule has 0 radical (unpaired) electrons. The molecule has 0 fully saturated rings. The SMILES string of the molecule is O=C(OCC(=O)N1CCc2ccccc2C1)c1cc(O)[nH]c(=O)c1. The molecule has 2 heterocycles. The Bertz CT molecular complexity index is 843. The lowest BCUT2D eigenvalue weighted by molar-refractivity contribution is -0.135. The van der Waals surface area contributed by atoms with Gasteiger partial charge in [0.1, 0.15) is 0 Å². The lowest BCUT2D eigenvalue weighted by Gasteiger charge is -2.28. The second kappa shape index (κ2) is 6.57. The number of pyridine rings is 1. The molecule has 1 aliphatic rings. The number of benzene rings is 1. The van der Waals surface area contributed by atoms with Crippen molar-refractivity contribution in [2.75, 3.05) is 13.2 Å². The van der Waals surface area contributed by atoms with Gasteiger partial charge < -0.3 is 14.7 Å². The zero-order valence-electron chi connectivity index (χ0n) is 12.8. The molecule has 124 valence electrons. The largest absolute Gasteiger partial charge is 0.494 e. The number of carbonyl (C=O) groups is 2. The zero-order chi connectivity index (χ0) is 17.1. The van der Waals surface area contributed by atoms with Crippen molar-refractivity contribution in [1.82, 2.24) is 9.88 Å². The Morgan fingerprint density at radius 1 is 1.21 bits per heavy atom. The van der Waals surface area contributed by atoms with Crippen LogP contribution in [0.2, 0.25) is 0 Å². The number of amides is 1. The summed E-state index contributed by atoms with van der Waals surface area (Å²) in [6.07, 6.45) is 0.762. The first-order chi connectivity index (χ1) is 11.5. The average Bonchev–Trinajstić information content (AvgIpc) is 2.58. The molecule has 2 aromatic rings. The maximum Gasteiger partial charge on any atom is 0.339 e. The van der Waals surface area contributed by atoms with Gasteiger partial charge in [-0.1, -0.05) is 24.3 Å². The molecule has 3 rings (SSSR count). The van der Waals surface area contributed by atoms with E-state index in [1.54, 1.807) is 4.90 Å². The molecule has 7 heteroatoms. The van der Waals surface area contributed by atoms with Crippen LogP contribution in [-0.4, -0.2) is 40.0 Å². The van der Waals surface area contributed by atoms with Crippen LogP contribution in [-0.2, 0) is 22.5 Å². The van der Waals surface area contributed by atoms with Gasteiger partial charge in [-0.2, -0.15) is 0 Å². The van der Waals surface area contributed by atoms with Crippen LogP contribution in [0.1, 0.15) is 21.5 Å². The number of nitrogens with one attached hydrogen (secondary N) is 1. The molecular formula is C17H16N2O5. The van der Waals surface area contributed by atoms with E-state index in [1.165, 1.54) is 5.56 Å². The van der Waals surface area contributed by atoms with E-state index >= 15 is 0 Å². The molecule has 0 saturated heterocycles. The van der Waals surface area contributed by atoms with E-state index in [4.69, 9.17) is 4.74 Å². The number of nitrogens with zero attached hydrogens (tertiary/aromatic N) is 1. The number of aromatic amines is 1. The van der Waals surface area contributed by atoms with Gasteiger partial charge in [-0.25, -0.2) is 4.79 Å². The summed E-state index contributed by atoms with van der Waals surface area (Å²) in [5.74, 6) is -1.57. The maximum absolute atomic E-state index is 12.2. The molecule has 1 aromatic carbocycles. The van der Waals surface area contributed by atoms with Gasteiger partial charge in [0, 0.05) is 25.2 Å². The Hall–Kier alpha value is -3.09. The highest BCUT2D eigenvalue weighted by atomic mass is 16.5. The Morgan fingerprint density at radius 2 is 1.96 bits per heavy atom. The van der Waals surface area contributed by atoms with Crippen molar-refractivity contribution in [2.24, 2.45) is 0 Å². The Morgan fingerprint density at radius 3 is 2.71 bits per heavy atom. The van der Waals surface area contributed by atoms with Gasteiger partial charge >= 0.3 is 5.97 Å². The first-order valence-corrected chi connectivity index (χ1v) is 7.48. The number of aromatic hydroxyl groups is 1. The predicted molar refractivity (Wildman–Crippen MR) is 84.6 cm³/mol. The molecule has 7 nitrogen and oxygen atoms in total. The van der Waals surface area contributed by atoms with Crippen LogP contribution >= 0.6 is 0 Å². The molecule has 0 unspecified atom stereocenters. The molecule has 0 bridgehead atoms. The molecule has 1 aromatic heterocycles. The first-order valence-electron chi connectivity index (χ1n) is 7.48. The van der Waals surface area contributed by atoms with E-state index in [2.05, 4.69) is 4.98 Å². The van der Waals surface area contributed by atoms with Gasteiger partial charge in [0.15, 0.2) is 12.5 Å². The summed E-state index contributed by atoms with van der Waals surface area (Å²) in [5.41, 5.74) is 1.58. The van der Waals surface area contributed by atoms with Crippen LogP contribution in [0.15, 0.2) is 41.2 Å². The smallest absolute Gasteiger partial charge is 0.339 e. The molecular weight excluding hydrogens is 312 g/mol. The van der Waals surface area contributed by atoms with E-state index in [-0.39, 0.29) is 11.5 Å². The third-order valence-electron chi connectivity index (χ3n) is 3.88. The maximum atomic E-state index is 12.2. The lowest BCUT2D eigenvalue weighted by Crippen LogP contribution is -2.38. The van der Waals surface area contributed by atoms with E-state index in [9.17, 15) is 19.5 Å². The molecule has 24 heavy (non-hydrogen) atoms. The van der Waals surface area contributed by atoms with E-state index < -0.39 is 24.0 Å². The molecule has 1 aliphatic heterocycles. The summed E-state index contributed by atoms with van der Waals surface area (Å²) in [5, 5.41) is 9.28. The van der Waals surface area contributed by atoms with Crippen LogP contribution in [0, 0.1) is 0 Å². The van der Waals surface area contributed by atoms with E-state index in [0.717, 1.165) is 24.1 Å².